The number of aliphatic imine (C=N–C) groups is 1. The summed E-state index contributed by atoms with van der Waals surface area (Å²) in [6.07, 6.45) is 9.09. The molecule has 0 bridgehead atoms. The van der Waals surface area contributed by atoms with Gasteiger partial charge in [-0.15, -0.1) is 24.0 Å². The summed E-state index contributed by atoms with van der Waals surface area (Å²) < 4.78 is 0. The van der Waals surface area contributed by atoms with Crippen LogP contribution in [0.3, 0.4) is 0 Å². The van der Waals surface area contributed by atoms with Crippen LogP contribution < -0.4 is 11.1 Å². The minimum atomic E-state index is 0. The Morgan fingerprint density at radius 1 is 1.15 bits per heavy atom. The zero-order valence-corrected chi connectivity index (χ0v) is 18.4. The fourth-order valence-electron chi connectivity index (χ4n) is 4.01. The predicted octanol–water partition coefficient (Wildman–Crippen LogP) is 3.32. The number of carbonyl (C=O) groups excluding carboxylic acids is 1. The molecule has 5 nitrogen and oxygen atoms in total. The summed E-state index contributed by atoms with van der Waals surface area (Å²) in [6.45, 7) is 2.23. The maximum absolute atomic E-state index is 12.2. The van der Waals surface area contributed by atoms with Crippen LogP contribution in [0.4, 0.5) is 0 Å². The standard InChI is InChI=1S/C21H32N4O.HI/c22-21(24-19-10-6-1-2-7-11-19)23-15-18-14-20(26)25(16-18)13-12-17-8-4-3-5-9-17;/h3-5,8-9,18-19H,1-2,6-7,10-16H2,(H3,22,23,24);1H. The van der Waals surface area contributed by atoms with Gasteiger partial charge in [-0.1, -0.05) is 56.0 Å². The van der Waals surface area contributed by atoms with Crippen molar-refractivity contribution < 1.29 is 4.79 Å². The highest BCUT2D eigenvalue weighted by Crippen LogP contribution is 2.19. The van der Waals surface area contributed by atoms with Gasteiger partial charge in [0.05, 0.1) is 0 Å². The van der Waals surface area contributed by atoms with Crippen LogP contribution in [0.2, 0.25) is 0 Å². The van der Waals surface area contributed by atoms with E-state index in [4.69, 9.17) is 5.73 Å². The van der Waals surface area contributed by atoms with Gasteiger partial charge >= 0.3 is 0 Å². The monoisotopic (exact) mass is 484 g/mol. The quantitative estimate of drug-likeness (QED) is 0.282. The van der Waals surface area contributed by atoms with Gasteiger partial charge in [-0.25, -0.2) is 0 Å². The zero-order valence-electron chi connectivity index (χ0n) is 16.1. The molecular formula is C21H33IN4O. The van der Waals surface area contributed by atoms with Gasteiger partial charge in [-0.3, -0.25) is 9.79 Å². The lowest BCUT2D eigenvalue weighted by Gasteiger charge is -2.18. The second-order valence-corrected chi connectivity index (χ2v) is 7.70. The first-order valence-electron chi connectivity index (χ1n) is 10.1. The number of nitrogens with two attached hydrogens (primary N) is 1. The first kappa shape index (κ1) is 22.0. The number of likely N-dealkylation sites (tertiary alicyclic amines) is 1. The molecule has 1 aliphatic carbocycles. The minimum absolute atomic E-state index is 0. The van der Waals surface area contributed by atoms with Crippen molar-refractivity contribution in [2.24, 2.45) is 16.6 Å². The molecule has 6 heteroatoms. The minimum Gasteiger partial charge on any atom is -0.370 e. The van der Waals surface area contributed by atoms with Crippen molar-refractivity contribution in [3.05, 3.63) is 35.9 Å². The van der Waals surface area contributed by atoms with Gasteiger partial charge < -0.3 is 16.0 Å². The molecule has 1 saturated carbocycles. The van der Waals surface area contributed by atoms with Gasteiger partial charge in [0.1, 0.15) is 0 Å². The average molecular weight is 484 g/mol. The molecule has 2 aliphatic rings. The molecule has 3 N–H and O–H groups in total. The summed E-state index contributed by atoms with van der Waals surface area (Å²) in [5.74, 6) is 1.08. The fraction of sp³-hybridized carbons (Fsp3) is 0.619. The molecule has 1 atom stereocenters. The van der Waals surface area contributed by atoms with Crippen molar-refractivity contribution in [1.29, 1.82) is 0 Å². The predicted molar refractivity (Wildman–Crippen MR) is 121 cm³/mol. The summed E-state index contributed by atoms with van der Waals surface area (Å²) in [5, 5.41) is 3.38. The lowest BCUT2D eigenvalue weighted by atomic mass is 10.1. The summed E-state index contributed by atoms with van der Waals surface area (Å²) in [7, 11) is 0. The van der Waals surface area contributed by atoms with Gasteiger partial charge in [-0.2, -0.15) is 0 Å². The first-order chi connectivity index (χ1) is 12.7. The fourth-order valence-corrected chi connectivity index (χ4v) is 4.01. The van der Waals surface area contributed by atoms with Gasteiger partial charge in [0.15, 0.2) is 5.96 Å². The highest BCUT2D eigenvalue weighted by atomic mass is 127. The van der Waals surface area contributed by atoms with E-state index in [-0.39, 0.29) is 35.8 Å². The SMILES string of the molecule is I.NC(=NCC1CC(=O)N(CCc2ccccc2)C1)NC1CCCCCC1. The number of rotatable bonds is 6. The van der Waals surface area contributed by atoms with Gasteiger partial charge in [0, 0.05) is 38.0 Å². The molecule has 1 amide bonds. The van der Waals surface area contributed by atoms with E-state index in [1.807, 2.05) is 23.1 Å². The maximum Gasteiger partial charge on any atom is 0.223 e. The van der Waals surface area contributed by atoms with Crippen LogP contribution in [0.5, 0.6) is 0 Å². The van der Waals surface area contributed by atoms with Crippen molar-refractivity contribution >= 4 is 35.8 Å². The molecule has 1 saturated heterocycles. The molecule has 1 aromatic rings. The molecule has 1 heterocycles. The van der Waals surface area contributed by atoms with Crippen LogP contribution in [0.25, 0.3) is 0 Å². The van der Waals surface area contributed by atoms with Gasteiger partial charge in [0.2, 0.25) is 5.91 Å². The second-order valence-electron chi connectivity index (χ2n) is 7.70. The number of carbonyl (C=O) groups is 1. The largest absolute Gasteiger partial charge is 0.370 e. The van der Waals surface area contributed by atoms with Crippen LogP contribution in [0, 0.1) is 5.92 Å². The van der Waals surface area contributed by atoms with E-state index in [0.717, 1.165) is 19.5 Å². The number of amides is 1. The van der Waals surface area contributed by atoms with E-state index >= 15 is 0 Å². The molecule has 0 spiro atoms. The number of hydrogen-bond donors (Lipinski definition) is 2. The Kier molecular flexibility index (Phi) is 9.38. The number of halogens is 1. The Bertz CT molecular complexity index is 599. The van der Waals surface area contributed by atoms with Crippen LogP contribution in [-0.2, 0) is 11.2 Å². The van der Waals surface area contributed by atoms with Crippen molar-refractivity contribution in [3.8, 4) is 0 Å². The van der Waals surface area contributed by atoms with Crippen LogP contribution >= 0.6 is 24.0 Å². The van der Waals surface area contributed by atoms with Crippen molar-refractivity contribution in [1.82, 2.24) is 10.2 Å². The number of benzene rings is 1. The lowest BCUT2D eigenvalue weighted by molar-refractivity contribution is -0.127. The second kappa shape index (κ2) is 11.5. The van der Waals surface area contributed by atoms with Gasteiger partial charge in [0.25, 0.3) is 0 Å². The maximum atomic E-state index is 12.2. The molecule has 1 aliphatic heterocycles. The summed E-state index contributed by atoms with van der Waals surface area (Å²) in [6, 6.07) is 10.8. The van der Waals surface area contributed by atoms with Crippen LogP contribution in [-0.4, -0.2) is 42.4 Å². The molecule has 27 heavy (non-hydrogen) atoms. The number of hydrogen-bond acceptors (Lipinski definition) is 2. The molecule has 1 unspecified atom stereocenters. The Morgan fingerprint density at radius 2 is 1.85 bits per heavy atom. The third kappa shape index (κ3) is 7.31. The third-order valence-electron chi connectivity index (χ3n) is 5.53. The molecular weight excluding hydrogens is 451 g/mol. The number of nitrogens with one attached hydrogen (secondary N) is 1. The Labute approximate surface area is 180 Å². The average Bonchev–Trinajstić information content (AvgIpc) is 2.83. The molecule has 0 radical (unpaired) electrons. The van der Waals surface area contributed by atoms with Crippen LogP contribution in [0.15, 0.2) is 35.3 Å². The molecule has 150 valence electrons. The summed E-state index contributed by atoms with van der Waals surface area (Å²) in [4.78, 5) is 18.7. The van der Waals surface area contributed by atoms with E-state index in [1.165, 1.54) is 44.1 Å². The topological polar surface area (TPSA) is 70.7 Å². The smallest absolute Gasteiger partial charge is 0.223 e. The molecule has 0 aromatic heterocycles. The van der Waals surface area contributed by atoms with E-state index in [1.54, 1.807) is 0 Å². The number of nitrogens with zero attached hydrogens (tertiary/aromatic N) is 2. The Hall–Kier alpha value is -1.31. The highest BCUT2D eigenvalue weighted by molar-refractivity contribution is 14.0. The van der Waals surface area contributed by atoms with E-state index in [2.05, 4.69) is 22.4 Å². The Balaban J connectivity index is 0.00000261. The molecule has 3 rings (SSSR count). The van der Waals surface area contributed by atoms with Crippen molar-refractivity contribution in [2.45, 2.75) is 57.4 Å². The normalized spacial score (nSPS) is 21.6. The van der Waals surface area contributed by atoms with Gasteiger partial charge in [-0.05, 0) is 24.8 Å². The summed E-state index contributed by atoms with van der Waals surface area (Å²) in [5.41, 5.74) is 7.35. The van der Waals surface area contributed by atoms with E-state index in [9.17, 15) is 4.79 Å². The first-order valence-corrected chi connectivity index (χ1v) is 10.1. The third-order valence-corrected chi connectivity index (χ3v) is 5.53. The lowest BCUT2D eigenvalue weighted by Crippen LogP contribution is -2.40. The van der Waals surface area contributed by atoms with Crippen LogP contribution in [0.1, 0.15) is 50.5 Å². The van der Waals surface area contributed by atoms with E-state index in [0.29, 0.717) is 25.0 Å². The molecule has 1 aromatic carbocycles. The summed E-state index contributed by atoms with van der Waals surface area (Å²) >= 11 is 0. The Morgan fingerprint density at radius 3 is 2.56 bits per heavy atom. The number of guanidine groups is 1. The van der Waals surface area contributed by atoms with E-state index < -0.39 is 0 Å². The van der Waals surface area contributed by atoms with Crippen molar-refractivity contribution in [3.63, 3.8) is 0 Å². The molecule has 2 fully saturated rings. The zero-order chi connectivity index (χ0) is 18.2. The van der Waals surface area contributed by atoms with Crippen molar-refractivity contribution in [2.75, 3.05) is 19.6 Å². The highest BCUT2D eigenvalue weighted by Gasteiger charge is 2.29.